The predicted octanol–water partition coefficient (Wildman–Crippen LogP) is 0.707. The average molecular weight is 210 g/mol. The first kappa shape index (κ1) is 10.1. The summed E-state index contributed by atoms with van der Waals surface area (Å²) in [4.78, 5) is 2.66. The van der Waals surface area contributed by atoms with E-state index in [4.69, 9.17) is 4.74 Å². The van der Waals surface area contributed by atoms with Gasteiger partial charge in [-0.25, -0.2) is 0 Å². The summed E-state index contributed by atoms with van der Waals surface area (Å²) >= 11 is 0. The van der Waals surface area contributed by atoms with Gasteiger partial charge in [-0.3, -0.25) is 4.90 Å². The summed E-state index contributed by atoms with van der Waals surface area (Å²) in [6.07, 6.45) is 2.71. The van der Waals surface area contributed by atoms with E-state index in [1.165, 1.54) is 39.0 Å². The van der Waals surface area contributed by atoms with Crippen molar-refractivity contribution < 1.29 is 4.74 Å². The van der Waals surface area contributed by atoms with Crippen LogP contribution in [0.1, 0.15) is 19.8 Å². The summed E-state index contributed by atoms with van der Waals surface area (Å²) in [6, 6.07) is 0.730. The topological polar surface area (TPSA) is 24.5 Å². The van der Waals surface area contributed by atoms with Gasteiger partial charge in [0, 0.05) is 18.5 Å². The van der Waals surface area contributed by atoms with Gasteiger partial charge in [0.1, 0.15) is 0 Å². The highest BCUT2D eigenvalue weighted by Crippen LogP contribution is 2.48. The number of ether oxygens (including phenoxy) is 1. The molecule has 3 saturated heterocycles. The summed E-state index contributed by atoms with van der Waals surface area (Å²) in [7, 11) is 0. The molecule has 2 unspecified atom stereocenters. The minimum Gasteiger partial charge on any atom is -0.379 e. The van der Waals surface area contributed by atoms with E-state index in [0.717, 1.165) is 25.2 Å². The molecule has 0 aliphatic carbocycles. The van der Waals surface area contributed by atoms with Gasteiger partial charge in [-0.1, -0.05) is 6.92 Å². The highest BCUT2D eigenvalue weighted by atomic mass is 16.5. The van der Waals surface area contributed by atoms with E-state index in [0.29, 0.717) is 5.41 Å². The van der Waals surface area contributed by atoms with Crippen LogP contribution in [-0.2, 0) is 4.74 Å². The van der Waals surface area contributed by atoms with Crippen molar-refractivity contribution in [3.63, 3.8) is 0 Å². The van der Waals surface area contributed by atoms with E-state index >= 15 is 0 Å². The Labute approximate surface area is 92.2 Å². The third-order valence-electron chi connectivity index (χ3n) is 4.83. The average Bonchev–Trinajstić information content (AvgIpc) is 2.84. The van der Waals surface area contributed by atoms with E-state index in [2.05, 4.69) is 17.1 Å². The van der Waals surface area contributed by atoms with Crippen LogP contribution in [0.15, 0.2) is 0 Å². The molecular weight excluding hydrogens is 188 g/mol. The maximum atomic E-state index is 5.71. The Morgan fingerprint density at radius 3 is 2.87 bits per heavy atom. The molecule has 3 aliphatic heterocycles. The van der Waals surface area contributed by atoms with Crippen LogP contribution in [0.25, 0.3) is 0 Å². The standard InChI is InChI=1S/C12H22N2O/c1-2-14-9-12(3-5-13-6-4-12)10-7-15-8-11(10)14/h10-11,13H,2-9H2,1H3. The van der Waals surface area contributed by atoms with Crippen molar-refractivity contribution in [1.29, 1.82) is 0 Å². The van der Waals surface area contributed by atoms with E-state index in [1.807, 2.05) is 0 Å². The van der Waals surface area contributed by atoms with Gasteiger partial charge in [-0.05, 0) is 37.9 Å². The number of fused-ring (bicyclic) bond motifs is 2. The second-order valence-corrected chi connectivity index (χ2v) is 5.39. The first-order valence-electron chi connectivity index (χ1n) is 6.38. The molecule has 0 bridgehead atoms. The predicted molar refractivity (Wildman–Crippen MR) is 59.9 cm³/mol. The molecule has 0 amide bonds. The molecule has 3 fully saturated rings. The number of hydrogen-bond acceptors (Lipinski definition) is 3. The Kier molecular flexibility index (Phi) is 2.49. The number of nitrogens with zero attached hydrogens (tertiary/aromatic N) is 1. The Hall–Kier alpha value is -0.120. The van der Waals surface area contributed by atoms with E-state index in [9.17, 15) is 0 Å². The van der Waals surface area contributed by atoms with Gasteiger partial charge < -0.3 is 10.1 Å². The number of rotatable bonds is 1. The first-order valence-corrected chi connectivity index (χ1v) is 6.38. The Morgan fingerprint density at radius 2 is 2.13 bits per heavy atom. The third-order valence-corrected chi connectivity index (χ3v) is 4.83. The largest absolute Gasteiger partial charge is 0.379 e. The molecular formula is C12H22N2O. The molecule has 86 valence electrons. The molecule has 1 N–H and O–H groups in total. The molecule has 0 aromatic heterocycles. The van der Waals surface area contributed by atoms with E-state index in [-0.39, 0.29) is 0 Å². The highest BCUT2D eigenvalue weighted by Gasteiger charge is 2.54. The zero-order valence-electron chi connectivity index (χ0n) is 9.67. The Morgan fingerprint density at radius 1 is 1.33 bits per heavy atom. The summed E-state index contributed by atoms with van der Waals surface area (Å²) in [5.74, 6) is 0.819. The third kappa shape index (κ3) is 1.44. The molecule has 0 radical (unpaired) electrons. The zero-order chi connectivity index (χ0) is 10.3. The highest BCUT2D eigenvalue weighted by molar-refractivity contribution is 5.05. The van der Waals surface area contributed by atoms with Crippen molar-refractivity contribution in [3.05, 3.63) is 0 Å². The number of likely N-dealkylation sites (N-methyl/N-ethyl adjacent to an activating group) is 1. The fourth-order valence-electron chi connectivity index (χ4n) is 3.93. The lowest BCUT2D eigenvalue weighted by Gasteiger charge is -2.37. The number of hydrogen-bond donors (Lipinski definition) is 1. The minimum absolute atomic E-state index is 0.586. The lowest BCUT2D eigenvalue weighted by Crippen LogP contribution is -2.42. The lowest BCUT2D eigenvalue weighted by molar-refractivity contribution is 0.0875. The molecule has 3 nitrogen and oxygen atoms in total. The van der Waals surface area contributed by atoms with Crippen molar-refractivity contribution in [2.24, 2.45) is 11.3 Å². The van der Waals surface area contributed by atoms with E-state index in [1.54, 1.807) is 0 Å². The molecule has 3 heterocycles. The fourth-order valence-corrected chi connectivity index (χ4v) is 3.93. The van der Waals surface area contributed by atoms with Crippen LogP contribution in [-0.4, -0.2) is 50.3 Å². The Bertz CT molecular complexity index is 238. The normalized spacial score (nSPS) is 39.8. The number of nitrogens with one attached hydrogen (secondary N) is 1. The molecule has 1 spiro atoms. The van der Waals surface area contributed by atoms with Crippen molar-refractivity contribution in [2.75, 3.05) is 39.4 Å². The quantitative estimate of drug-likeness (QED) is 0.690. The first-order chi connectivity index (χ1) is 7.36. The maximum absolute atomic E-state index is 5.71. The Balaban J connectivity index is 1.83. The summed E-state index contributed by atoms with van der Waals surface area (Å²) in [5.41, 5.74) is 0.586. The molecule has 3 rings (SSSR count). The number of likely N-dealkylation sites (tertiary alicyclic amines) is 1. The molecule has 0 saturated carbocycles. The van der Waals surface area contributed by atoms with Crippen molar-refractivity contribution in [2.45, 2.75) is 25.8 Å². The fraction of sp³-hybridized carbons (Fsp3) is 1.00. The second-order valence-electron chi connectivity index (χ2n) is 5.39. The molecule has 0 aromatic rings. The monoisotopic (exact) mass is 210 g/mol. The van der Waals surface area contributed by atoms with Gasteiger partial charge in [0.15, 0.2) is 0 Å². The zero-order valence-corrected chi connectivity index (χ0v) is 9.67. The van der Waals surface area contributed by atoms with Crippen LogP contribution in [0.3, 0.4) is 0 Å². The van der Waals surface area contributed by atoms with Crippen LogP contribution in [0.4, 0.5) is 0 Å². The van der Waals surface area contributed by atoms with Crippen molar-refractivity contribution >= 4 is 0 Å². The van der Waals surface area contributed by atoms with Gasteiger partial charge >= 0.3 is 0 Å². The van der Waals surface area contributed by atoms with Crippen LogP contribution in [0, 0.1) is 11.3 Å². The molecule has 3 heteroatoms. The van der Waals surface area contributed by atoms with Crippen LogP contribution < -0.4 is 5.32 Å². The molecule has 3 aliphatic rings. The minimum atomic E-state index is 0.586. The van der Waals surface area contributed by atoms with Gasteiger partial charge in [-0.15, -0.1) is 0 Å². The van der Waals surface area contributed by atoms with Crippen LogP contribution in [0.5, 0.6) is 0 Å². The van der Waals surface area contributed by atoms with Crippen LogP contribution >= 0.6 is 0 Å². The van der Waals surface area contributed by atoms with Crippen molar-refractivity contribution in [3.8, 4) is 0 Å². The van der Waals surface area contributed by atoms with Crippen LogP contribution in [0.2, 0.25) is 0 Å². The lowest BCUT2D eigenvalue weighted by atomic mass is 9.70. The van der Waals surface area contributed by atoms with E-state index < -0.39 is 0 Å². The smallest absolute Gasteiger partial charge is 0.0625 e. The summed E-state index contributed by atoms with van der Waals surface area (Å²) in [6.45, 7) is 9.22. The summed E-state index contributed by atoms with van der Waals surface area (Å²) in [5, 5.41) is 3.49. The van der Waals surface area contributed by atoms with Crippen molar-refractivity contribution in [1.82, 2.24) is 10.2 Å². The van der Waals surface area contributed by atoms with Gasteiger partial charge in [0.25, 0.3) is 0 Å². The van der Waals surface area contributed by atoms with Gasteiger partial charge in [0.05, 0.1) is 13.2 Å². The molecule has 0 aromatic carbocycles. The van der Waals surface area contributed by atoms with Gasteiger partial charge in [0.2, 0.25) is 0 Å². The number of piperidine rings is 1. The molecule has 2 atom stereocenters. The maximum Gasteiger partial charge on any atom is 0.0625 e. The second kappa shape index (κ2) is 3.72. The SMILES string of the molecule is CCN1CC2(CCNCC2)C2COCC21. The molecule has 15 heavy (non-hydrogen) atoms. The van der Waals surface area contributed by atoms with Gasteiger partial charge in [-0.2, -0.15) is 0 Å². The summed E-state index contributed by atoms with van der Waals surface area (Å²) < 4.78 is 5.71.